The fourth-order valence-electron chi connectivity index (χ4n) is 4.32. The van der Waals surface area contributed by atoms with E-state index in [1.165, 1.54) is 13.4 Å². The zero-order chi connectivity index (χ0) is 28.2. The number of hydrogen-bond acceptors (Lipinski definition) is 9. The molecular formula is C25H23Cl2N9O4. The predicted octanol–water partition coefficient (Wildman–Crippen LogP) is 4.08. The van der Waals surface area contributed by atoms with E-state index < -0.39 is 30.3 Å². The number of hydrogen-bond donors (Lipinski definition) is 4. The first-order valence-electron chi connectivity index (χ1n) is 12.1. The molecule has 0 aliphatic carbocycles. The molecule has 40 heavy (non-hydrogen) atoms. The Hall–Kier alpha value is -4.13. The molecule has 5 rings (SSSR count). The number of aromatic amines is 1. The summed E-state index contributed by atoms with van der Waals surface area (Å²) in [4.78, 5) is 31.2. The second-order valence-corrected chi connectivity index (χ2v) is 9.64. The van der Waals surface area contributed by atoms with Gasteiger partial charge < -0.3 is 30.2 Å². The number of fused-ring (bicyclic) bond motifs is 1. The normalized spacial score (nSPS) is 20.2. The first-order valence-corrected chi connectivity index (χ1v) is 12.8. The number of rotatable bonds is 9. The maximum absolute atomic E-state index is 12.3. The van der Waals surface area contributed by atoms with Crippen LogP contribution in [-0.4, -0.2) is 56.2 Å². The number of aliphatic hydroxyl groups is 1. The Balaban J connectivity index is 1.41. The molecule has 0 saturated carbocycles. The number of aliphatic hydroxyl groups excluding tert-OH is 1. The van der Waals surface area contributed by atoms with Crippen LogP contribution in [0.25, 0.3) is 21.6 Å². The van der Waals surface area contributed by atoms with Crippen molar-refractivity contribution in [2.75, 3.05) is 12.4 Å². The molecule has 0 unspecified atom stereocenters. The van der Waals surface area contributed by atoms with E-state index >= 15 is 0 Å². The Morgan fingerprint density at radius 1 is 1.25 bits per heavy atom. The van der Waals surface area contributed by atoms with Crippen molar-refractivity contribution in [3.05, 3.63) is 86.2 Å². The highest BCUT2D eigenvalue weighted by Crippen LogP contribution is 2.35. The highest BCUT2D eigenvalue weighted by Gasteiger charge is 2.48. The van der Waals surface area contributed by atoms with Crippen molar-refractivity contribution in [3.63, 3.8) is 0 Å². The molecule has 2 aromatic heterocycles. The molecule has 15 heteroatoms. The number of nitrogens with zero attached hydrogens (tertiary/aromatic N) is 6. The van der Waals surface area contributed by atoms with E-state index in [0.717, 1.165) is 11.1 Å². The Kier molecular flexibility index (Phi) is 8.19. The Morgan fingerprint density at radius 3 is 2.85 bits per heavy atom. The van der Waals surface area contributed by atoms with Gasteiger partial charge in [-0.3, -0.25) is 4.79 Å². The number of carbonyl (C=O) groups is 1. The first kappa shape index (κ1) is 27.4. The van der Waals surface area contributed by atoms with E-state index in [1.807, 2.05) is 18.2 Å². The minimum absolute atomic E-state index is 0.0560. The predicted molar refractivity (Wildman–Crippen MR) is 147 cm³/mol. The van der Waals surface area contributed by atoms with Crippen LogP contribution in [0.3, 0.4) is 0 Å². The van der Waals surface area contributed by atoms with Crippen molar-refractivity contribution in [2.45, 2.75) is 37.5 Å². The summed E-state index contributed by atoms with van der Waals surface area (Å²) in [6.07, 6.45) is -2.30. The van der Waals surface area contributed by atoms with E-state index in [-0.39, 0.29) is 19.0 Å². The summed E-state index contributed by atoms with van der Waals surface area (Å²) in [5.74, 6) is 0.449. The zero-order valence-electron chi connectivity index (χ0n) is 21.0. The van der Waals surface area contributed by atoms with Crippen molar-refractivity contribution in [2.24, 2.45) is 5.11 Å². The van der Waals surface area contributed by atoms with E-state index in [0.29, 0.717) is 32.8 Å². The van der Waals surface area contributed by atoms with Gasteiger partial charge in [-0.1, -0.05) is 46.5 Å². The number of carbonyl (C=O) groups excluding carboxylic acids is 1. The number of anilines is 1. The topological polar surface area (TPSA) is 183 Å². The number of halogens is 2. The van der Waals surface area contributed by atoms with Crippen LogP contribution in [0, 0.1) is 0 Å². The zero-order valence-corrected chi connectivity index (χ0v) is 22.5. The molecule has 4 atom stereocenters. The molecule has 2 aromatic carbocycles. The molecule has 4 N–H and O–H groups in total. The van der Waals surface area contributed by atoms with Crippen LogP contribution < -0.4 is 15.4 Å². The maximum Gasteiger partial charge on any atom is 0.249 e. The number of benzene rings is 2. The lowest BCUT2D eigenvalue weighted by molar-refractivity contribution is -0.132. The third-order valence-electron chi connectivity index (χ3n) is 6.32. The number of azide groups is 1. The molecule has 13 nitrogen and oxygen atoms in total. The van der Waals surface area contributed by atoms with Crippen LogP contribution in [-0.2, 0) is 22.7 Å². The van der Waals surface area contributed by atoms with Crippen LogP contribution in [0.2, 0.25) is 10.0 Å². The number of nitrogens with one attached hydrogen (secondary N) is 3. The van der Waals surface area contributed by atoms with Gasteiger partial charge in [-0.15, -0.1) is 0 Å². The number of aromatic nitrogens is 4. The Bertz CT molecular complexity index is 1590. The minimum atomic E-state index is -1.37. The lowest BCUT2D eigenvalue weighted by Gasteiger charge is -2.16. The summed E-state index contributed by atoms with van der Waals surface area (Å²) in [5.41, 5.74) is 11.3. The van der Waals surface area contributed by atoms with E-state index in [9.17, 15) is 9.90 Å². The first-order chi connectivity index (χ1) is 19.4. The van der Waals surface area contributed by atoms with Gasteiger partial charge in [-0.05, 0) is 29.8 Å². The second-order valence-electron chi connectivity index (χ2n) is 8.79. The van der Waals surface area contributed by atoms with Gasteiger partial charge >= 0.3 is 0 Å². The second kappa shape index (κ2) is 11.9. The molecule has 0 radical (unpaired) electrons. The molecular weight excluding hydrogens is 561 g/mol. The van der Waals surface area contributed by atoms with Crippen molar-refractivity contribution in [3.8, 4) is 5.75 Å². The number of imidazole rings is 1. The third-order valence-corrected chi connectivity index (χ3v) is 6.92. The molecule has 4 aromatic rings. The number of likely N-dealkylation sites (N-methyl/N-ethyl adjacent to an activating group) is 1. The average molecular weight is 584 g/mol. The number of ether oxygens (including phenoxy) is 2. The maximum atomic E-state index is 12.3. The van der Waals surface area contributed by atoms with Crippen molar-refractivity contribution in [1.82, 2.24) is 25.3 Å². The molecule has 3 heterocycles. The molecule has 1 aliphatic rings. The minimum Gasteiger partial charge on any atom is -0.488 e. The highest BCUT2D eigenvalue weighted by molar-refractivity contribution is 6.31. The summed E-state index contributed by atoms with van der Waals surface area (Å²) in [6, 6.07) is 11.5. The van der Waals surface area contributed by atoms with E-state index in [2.05, 4.69) is 40.6 Å². The average Bonchev–Trinajstić information content (AvgIpc) is 3.56. The van der Waals surface area contributed by atoms with Crippen LogP contribution >= 0.6 is 23.2 Å². The number of amides is 1. The molecule has 1 amide bonds. The molecule has 1 aliphatic heterocycles. The molecule has 0 bridgehead atoms. The lowest BCUT2D eigenvalue weighted by Crippen LogP contribution is -2.40. The van der Waals surface area contributed by atoms with Crippen LogP contribution in [0.5, 0.6) is 5.75 Å². The third kappa shape index (κ3) is 5.60. The van der Waals surface area contributed by atoms with Gasteiger partial charge in [0.05, 0.1) is 12.4 Å². The summed E-state index contributed by atoms with van der Waals surface area (Å²) in [6.45, 7) is 0.506. The SMILES string of the molecule is CNC(=O)[C@H]1O[C@H](c2nc(NCc3cc(Cl)ccc3OCc3ccccc3Cl)c3[nH]cnc3n2)[C@H](O)[C@@H]1N=[N+]=[N-]. The van der Waals surface area contributed by atoms with Gasteiger partial charge in [-0.2, -0.15) is 0 Å². The highest BCUT2D eigenvalue weighted by atomic mass is 35.5. The Morgan fingerprint density at radius 2 is 2.08 bits per heavy atom. The van der Waals surface area contributed by atoms with E-state index in [1.54, 1.807) is 24.3 Å². The van der Waals surface area contributed by atoms with Gasteiger partial charge in [0, 0.05) is 39.7 Å². The van der Waals surface area contributed by atoms with E-state index in [4.69, 9.17) is 38.2 Å². The van der Waals surface area contributed by atoms with Gasteiger partial charge in [0.2, 0.25) is 5.91 Å². The van der Waals surface area contributed by atoms with Crippen LogP contribution in [0.4, 0.5) is 5.82 Å². The fraction of sp³-hybridized carbons (Fsp3) is 0.280. The summed E-state index contributed by atoms with van der Waals surface area (Å²) < 4.78 is 11.8. The smallest absolute Gasteiger partial charge is 0.249 e. The summed E-state index contributed by atoms with van der Waals surface area (Å²) >= 11 is 12.5. The fourth-order valence-corrected chi connectivity index (χ4v) is 4.71. The molecule has 1 fully saturated rings. The summed E-state index contributed by atoms with van der Waals surface area (Å²) in [7, 11) is 1.41. The van der Waals surface area contributed by atoms with Gasteiger partial charge in [-0.25, -0.2) is 15.0 Å². The van der Waals surface area contributed by atoms with Crippen LogP contribution in [0.1, 0.15) is 23.1 Å². The largest absolute Gasteiger partial charge is 0.488 e. The lowest BCUT2D eigenvalue weighted by atomic mass is 10.0. The standard InChI is InChI=1S/C25H23Cl2N9O4/c1-29-25(38)20-17(35-36-28)19(37)21(40-20)24-33-22(18-23(34-24)32-11-31-18)30-9-13-8-14(26)6-7-16(13)39-10-12-4-2-3-5-15(12)27/h2-8,11,17,19-21,37H,9-10H2,1H3,(H,29,38)(H2,30,31,32,33,34)/t17-,19+,20-,21-/m0/s1. The van der Waals surface area contributed by atoms with Gasteiger partial charge in [0.25, 0.3) is 0 Å². The van der Waals surface area contributed by atoms with Crippen molar-refractivity contribution >= 4 is 46.1 Å². The van der Waals surface area contributed by atoms with Crippen LogP contribution in [0.15, 0.2) is 53.9 Å². The number of H-pyrrole nitrogens is 1. The van der Waals surface area contributed by atoms with Crippen molar-refractivity contribution < 1.29 is 19.4 Å². The Labute approximate surface area is 237 Å². The van der Waals surface area contributed by atoms with Gasteiger partial charge in [0.1, 0.15) is 36.1 Å². The molecule has 206 valence electrons. The molecule has 0 spiro atoms. The monoisotopic (exact) mass is 583 g/mol. The summed E-state index contributed by atoms with van der Waals surface area (Å²) in [5, 5.41) is 21.2. The quantitative estimate of drug-likeness (QED) is 0.129. The molecule has 1 saturated heterocycles. The van der Waals surface area contributed by atoms with Crippen molar-refractivity contribution in [1.29, 1.82) is 0 Å². The van der Waals surface area contributed by atoms with Gasteiger partial charge in [0.15, 0.2) is 17.3 Å².